The molecule has 0 saturated heterocycles. The molecule has 1 atom stereocenters. The van der Waals surface area contributed by atoms with E-state index < -0.39 is 17.2 Å². The molecule has 0 aliphatic rings. The van der Waals surface area contributed by atoms with Crippen molar-refractivity contribution in [2.75, 3.05) is 13.2 Å². The van der Waals surface area contributed by atoms with Crippen LogP contribution in [0.25, 0.3) is 0 Å². The number of ether oxygens (including phenoxy) is 1. The van der Waals surface area contributed by atoms with Gasteiger partial charge in [0.15, 0.2) is 11.6 Å². The van der Waals surface area contributed by atoms with Crippen LogP contribution in [0, 0.1) is 11.6 Å². The monoisotopic (exact) mass is 259 g/mol. The van der Waals surface area contributed by atoms with Gasteiger partial charge in [0.25, 0.3) is 0 Å². The molecule has 0 amide bonds. The van der Waals surface area contributed by atoms with E-state index in [1.165, 1.54) is 6.07 Å². The molecule has 0 saturated carbocycles. The van der Waals surface area contributed by atoms with Gasteiger partial charge in [-0.3, -0.25) is 0 Å². The Labute approximate surface area is 106 Å². The minimum Gasteiger partial charge on any atom is -0.493 e. The van der Waals surface area contributed by atoms with Gasteiger partial charge in [-0.1, -0.05) is 6.92 Å². The Morgan fingerprint density at radius 3 is 2.61 bits per heavy atom. The molecule has 102 valence electrons. The van der Waals surface area contributed by atoms with Crippen LogP contribution in [0.5, 0.6) is 5.75 Å². The molecule has 1 aromatic rings. The first kappa shape index (κ1) is 14.9. The van der Waals surface area contributed by atoms with Gasteiger partial charge >= 0.3 is 0 Å². The number of benzene rings is 1. The summed E-state index contributed by atoms with van der Waals surface area (Å²) in [5.74, 6) is -1.53. The molecule has 0 heterocycles. The molecule has 0 bridgehead atoms. The molecule has 5 heteroatoms. The molecule has 0 fully saturated rings. The number of rotatable bonds is 7. The van der Waals surface area contributed by atoms with Crippen molar-refractivity contribution in [1.29, 1.82) is 0 Å². The summed E-state index contributed by atoms with van der Waals surface area (Å²) < 4.78 is 30.8. The minimum absolute atomic E-state index is 0.0747. The van der Waals surface area contributed by atoms with Gasteiger partial charge in [-0.25, -0.2) is 8.78 Å². The number of aliphatic hydroxyl groups excluding tert-OH is 1. The van der Waals surface area contributed by atoms with Crippen LogP contribution in [0.4, 0.5) is 8.78 Å². The van der Waals surface area contributed by atoms with Crippen molar-refractivity contribution in [2.45, 2.75) is 31.7 Å². The zero-order valence-corrected chi connectivity index (χ0v) is 10.5. The Kier molecular flexibility index (Phi) is 5.50. The van der Waals surface area contributed by atoms with Gasteiger partial charge in [-0.2, -0.15) is 0 Å². The Morgan fingerprint density at radius 1 is 1.33 bits per heavy atom. The van der Waals surface area contributed by atoms with Crippen molar-refractivity contribution < 1.29 is 18.6 Å². The maximum atomic E-state index is 12.9. The van der Waals surface area contributed by atoms with E-state index in [0.717, 1.165) is 12.1 Å². The Bertz CT molecular complexity index is 381. The lowest BCUT2D eigenvalue weighted by atomic mass is 9.93. The van der Waals surface area contributed by atoms with E-state index in [-0.39, 0.29) is 12.4 Å². The van der Waals surface area contributed by atoms with E-state index in [1.807, 2.05) is 6.92 Å². The van der Waals surface area contributed by atoms with Crippen molar-refractivity contribution in [2.24, 2.45) is 5.73 Å². The zero-order valence-electron chi connectivity index (χ0n) is 10.5. The normalized spacial score (nSPS) is 14.3. The van der Waals surface area contributed by atoms with Crippen LogP contribution in [0.3, 0.4) is 0 Å². The summed E-state index contributed by atoms with van der Waals surface area (Å²) in [6, 6.07) is 3.41. The molecular formula is C13H19F2NO2. The van der Waals surface area contributed by atoms with Gasteiger partial charge in [-0.05, 0) is 31.4 Å². The lowest BCUT2D eigenvalue weighted by Crippen LogP contribution is -2.43. The molecule has 0 aliphatic heterocycles. The van der Waals surface area contributed by atoms with Gasteiger partial charge in [0.1, 0.15) is 5.75 Å². The average molecular weight is 259 g/mol. The third-order valence-corrected chi connectivity index (χ3v) is 3.00. The number of hydrogen-bond donors (Lipinski definition) is 2. The van der Waals surface area contributed by atoms with Gasteiger partial charge in [0.2, 0.25) is 0 Å². The molecule has 18 heavy (non-hydrogen) atoms. The largest absolute Gasteiger partial charge is 0.493 e. The second-order valence-electron chi connectivity index (χ2n) is 4.40. The van der Waals surface area contributed by atoms with Gasteiger partial charge in [0, 0.05) is 11.6 Å². The van der Waals surface area contributed by atoms with Crippen LogP contribution in [0.15, 0.2) is 18.2 Å². The van der Waals surface area contributed by atoms with Gasteiger partial charge in [-0.15, -0.1) is 0 Å². The smallest absolute Gasteiger partial charge is 0.162 e. The summed E-state index contributed by atoms with van der Waals surface area (Å²) in [5, 5.41) is 9.11. The first-order valence-electron chi connectivity index (χ1n) is 5.98. The minimum atomic E-state index is -0.926. The van der Waals surface area contributed by atoms with Crippen molar-refractivity contribution in [3.05, 3.63) is 29.8 Å². The van der Waals surface area contributed by atoms with Crippen molar-refractivity contribution in [1.82, 2.24) is 0 Å². The van der Waals surface area contributed by atoms with E-state index in [2.05, 4.69) is 0 Å². The van der Waals surface area contributed by atoms with Crippen LogP contribution < -0.4 is 10.5 Å². The summed E-state index contributed by atoms with van der Waals surface area (Å²) in [6.07, 6.45) is 1.93. The molecule has 1 unspecified atom stereocenters. The zero-order chi connectivity index (χ0) is 13.6. The molecular weight excluding hydrogens is 240 g/mol. The molecule has 3 nitrogen and oxygen atoms in total. The second kappa shape index (κ2) is 6.66. The SMILES string of the molecule is CCC(N)(CO)CCCOc1ccc(F)c(F)c1. The first-order chi connectivity index (χ1) is 8.50. The van der Waals surface area contributed by atoms with Crippen LogP contribution in [-0.4, -0.2) is 23.9 Å². The van der Waals surface area contributed by atoms with E-state index in [4.69, 9.17) is 15.6 Å². The second-order valence-corrected chi connectivity index (χ2v) is 4.40. The Hall–Kier alpha value is -1.20. The standard InChI is InChI=1S/C13H19F2NO2/c1-2-13(16,9-17)6-3-7-18-10-4-5-11(14)12(15)8-10/h4-5,8,17H,2-3,6-7,9,16H2,1H3. The highest BCUT2D eigenvalue weighted by molar-refractivity contribution is 5.23. The molecule has 0 aromatic heterocycles. The fraction of sp³-hybridized carbons (Fsp3) is 0.538. The van der Waals surface area contributed by atoms with Gasteiger partial charge < -0.3 is 15.6 Å². The third kappa shape index (κ3) is 4.23. The molecule has 1 rings (SSSR count). The van der Waals surface area contributed by atoms with Crippen LogP contribution in [0.1, 0.15) is 26.2 Å². The van der Waals surface area contributed by atoms with E-state index >= 15 is 0 Å². The van der Waals surface area contributed by atoms with Gasteiger partial charge in [0.05, 0.1) is 13.2 Å². The van der Waals surface area contributed by atoms with E-state index in [1.54, 1.807) is 0 Å². The maximum absolute atomic E-state index is 12.9. The highest BCUT2D eigenvalue weighted by atomic mass is 19.2. The molecule has 1 aromatic carbocycles. The summed E-state index contributed by atoms with van der Waals surface area (Å²) >= 11 is 0. The highest BCUT2D eigenvalue weighted by Crippen LogP contribution is 2.17. The molecule has 0 spiro atoms. The Morgan fingerprint density at radius 2 is 2.06 bits per heavy atom. The number of hydrogen-bond acceptors (Lipinski definition) is 3. The fourth-order valence-corrected chi connectivity index (χ4v) is 1.55. The number of aliphatic hydroxyl groups is 1. The summed E-state index contributed by atoms with van der Waals surface area (Å²) in [5.41, 5.74) is 5.32. The van der Waals surface area contributed by atoms with E-state index in [0.29, 0.717) is 25.9 Å². The van der Waals surface area contributed by atoms with Crippen molar-refractivity contribution in [3.8, 4) is 5.75 Å². The van der Waals surface area contributed by atoms with E-state index in [9.17, 15) is 8.78 Å². The predicted octanol–water partition coefficient (Wildman–Crippen LogP) is 2.22. The topological polar surface area (TPSA) is 55.5 Å². The lowest BCUT2D eigenvalue weighted by Gasteiger charge is -2.25. The predicted molar refractivity (Wildman–Crippen MR) is 65.4 cm³/mol. The molecule has 0 aliphatic carbocycles. The molecule has 3 N–H and O–H groups in total. The number of halogens is 2. The summed E-state index contributed by atoms with van der Waals surface area (Å²) in [6.45, 7) is 2.19. The van der Waals surface area contributed by atoms with Crippen LogP contribution in [-0.2, 0) is 0 Å². The van der Waals surface area contributed by atoms with Crippen molar-refractivity contribution in [3.63, 3.8) is 0 Å². The fourth-order valence-electron chi connectivity index (χ4n) is 1.55. The van der Waals surface area contributed by atoms with Crippen LogP contribution in [0.2, 0.25) is 0 Å². The van der Waals surface area contributed by atoms with Crippen molar-refractivity contribution >= 4 is 0 Å². The first-order valence-corrected chi connectivity index (χ1v) is 5.98. The quantitative estimate of drug-likeness (QED) is 0.738. The summed E-state index contributed by atoms with van der Waals surface area (Å²) in [7, 11) is 0. The Balaban J connectivity index is 2.36. The van der Waals surface area contributed by atoms with Crippen LogP contribution >= 0.6 is 0 Å². The average Bonchev–Trinajstić information content (AvgIpc) is 2.38. The summed E-state index contributed by atoms with van der Waals surface area (Å²) in [4.78, 5) is 0. The third-order valence-electron chi connectivity index (χ3n) is 3.00. The maximum Gasteiger partial charge on any atom is 0.162 e. The number of nitrogens with two attached hydrogens (primary N) is 1. The lowest BCUT2D eigenvalue weighted by molar-refractivity contribution is 0.171. The highest BCUT2D eigenvalue weighted by Gasteiger charge is 2.20. The molecule has 0 radical (unpaired) electrons.